The first-order valence-electron chi connectivity index (χ1n) is 3.79. The highest BCUT2D eigenvalue weighted by molar-refractivity contribution is 5.99. The molecule has 0 aromatic heterocycles. The number of nitrogens with one attached hydrogen (secondary N) is 1. The zero-order chi connectivity index (χ0) is 8.72. The van der Waals surface area contributed by atoms with Crippen molar-refractivity contribution in [2.45, 2.75) is 13.5 Å². The number of hydrogen-bond acceptors (Lipinski definition) is 2. The molecule has 12 heavy (non-hydrogen) atoms. The van der Waals surface area contributed by atoms with Crippen LogP contribution in [0.1, 0.15) is 21.5 Å². The topological polar surface area (TPSA) is 49.3 Å². The molecule has 1 amide bonds. The molecule has 1 aliphatic heterocycles. The van der Waals surface area contributed by atoms with Crippen molar-refractivity contribution in [1.29, 1.82) is 0 Å². The highest BCUT2D eigenvalue weighted by Crippen LogP contribution is 2.24. The zero-order valence-corrected chi connectivity index (χ0v) is 6.72. The van der Waals surface area contributed by atoms with Crippen molar-refractivity contribution in [3.8, 4) is 5.75 Å². The number of phenols is 1. The molecule has 62 valence electrons. The van der Waals surface area contributed by atoms with E-state index in [1.807, 2.05) is 6.92 Å². The predicted octanol–water partition coefficient (Wildman–Crippen LogP) is 0.944. The third-order valence-electron chi connectivity index (χ3n) is 2.13. The highest BCUT2D eigenvalue weighted by atomic mass is 16.3. The molecule has 1 aromatic carbocycles. The van der Waals surface area contributed by atoms with E-state index in [-0.39, 0.29) is 11.7 Å². The molecule has 0 fully saturated rings. The summed E-state index contributed by atoms with van der Waals surface area (Å²) in [6, 6.07) is 3.17. The Morgan fingerprint density at radius 3 is 3.00 bits per heavy atom. The molecule has 0 atom stereocenters. The van der Waals surface area contributed by atoms with Crippen LogP contribution in [0.5, 0.6) is 5.75 Å². The van der Waals surface area contributed by atoms with Crippen molar-refractivity contribution in [2.75, 3.05) is 0 Å². The van der Waals surface area contributed by atoms with Gasteiger partial charge >= 0.3 is 0 Å². The number of carbonyl (C=O) groups is 1. The molecule has 0 saturated carbocycles. The Bertz CT molecular complexity index is 358. The summed E-state index contributed by atoms with van der Waals surface area (Å²) in [4.78, 5) is 11.1. The van der Waals surface area contributed by atoms with Crippen molar-refractivity contribution in [2.24, 2.45) is 0 Å². The Balaban J connectivity index is 2.68. The van der Waals surface area contributed by atoms with Crippen LogP contribution < -0.4 is 5.32 Å². The van der Waals surface area contributed by atoms with Crippen molar-refractivity contribution < 1.29 is 9.90 Å². The van der Waals surface area contributed by atoms with E-state index in [1.165, 1.54) is 6.07 Å². The summed E-state index contributed by atoms with van der Waals surface area (Å²) in [6.07, 6.45) is 0. The van der Waals surface area contributed by atoms with E-state index < -0.39 is 0 Å². The van der Waals surface area contributed by atoms with Gasteiger partial charge in [-0.3, -0.25) is 4.79 Å². The lowest BCUT2D eigenvalue weighted by molar-refractivity contribution is 0.0965. The Morgan fingerprint density at radius 2 is 2.25 bits per heavy atom. The van der Waals surface area contributed by atoms with Gasteiger partial charge in [0, 0.05) is 12.1 Å². The fourth-order valence-electron chi connectivity index (χ4n) is 1.50. The molecule has 3 nitrogen and oxygen atoms in total. The number of hydrogen-bond donors (Lipinski definition) is 2. The fourth-order valence-corrected chi connectivity index (χ4v) is 1.50. The van der Waals surface area contributed by atoms with Crippen LogP contribution in [0.4, 0.5) is 0 Å². The Labute approximate surface area is 70.0 Å². The molecule has 3 heteroatoms. The highest BCUT2D eigenvalue weighted by Gasteiger charge is 2.20. The molecular formula is C9H9NO2. The minimum atomic E-state index is -0.0935. The second-order valence-corrected chi connectivity index (χ2v) is 2.97. The number of fused-ring (bicyclic) bond motifs is 1. The number of rotatable bonds is 0. The van der Waals surface area contributed by atoms with Gasteiger partial charge < -0.3 is 10.4 Å². The average molecular weight is 163 g/mol. The molecular weight excluding hydrogens is 154 g/mol. The molecule has 0 saturated heterocycles. The van der Waals surface area contributed by atoms with Gasteiger partial charge in [-0.05, 0) is 30.2 Å². The summed E-state index contributed by atoms with van der Waals surface area (Å²) in [7, 11) is 0. The van der Waals surface area contributed by atoms with Gasteiger partial charge in [0.25, 0.3) is 5.91 Å². The van der Waals surface area contributed by atoms with Gasteiger partial charge in [0.1, 0.15) is 5.75 Å². The molecule has 0 spiro atoms. The molecule has 0 radical (unpaired) electrons. The van der Waals surface area contributed by atoms with Crippen molar-refractivity contribution in [3.05, 3.63) is 28.8 Å². The van der Waals surface area contributed by atoms with Crippen LogP contribution in [-0.4, -0.2) is 11.0 Å². The number of benzene rings is 1. The Kier molecular flexibility index (Phi) is 1.33. The van der Waals surface area contributed by atoms with E-state index in [4.69, 9.17) is 0 Å². The lowest BCUT2D eigenvalue weighted by atomic mass is 10.0. The molecule has 2 N–H and O–H groups in total. The number of aryl methyl sites for hydroxylation is 1. The maximum atomic E-state index is 11.1. The number of amides is 1. The summed E-state index contributed by atoms with van der Waals surface area (Å²) >= 11 is 0. The molecule has 2 rings (SSSR count). The maximum Gasteiger partial charge on any atom is 0.252 e. The lowest BCUT2D eigenvalue weighted by Crippen LogP contribution is -2.12. The minimum absolute atomic E-state index is 0.0935. The smallest absolute Gasteiger partial charge is 0.252 e. The van der Waals surface area contributed by atoms with Gasteiger partial charge in [-0.2, -0.15) is 0 Å². The van der Waals surface area contributed by atoms with Crippen LogP contribution in [0.15, 0.2) is 12.1 Å². The summed E-state index contributed by atoms with van der Waals surface area (Å²) < 4.78 is 0. The minimum Gasteiger partial charge on any atom is -0.508 e. The summed E-state index contributed by atoms with van der Waals surface area (Å²) in [5, 5.41) is 11.9. The SMILES string of the molecule is Cc1cc(O)cc2c1CNC2=O. The first kappa shape index (κ1) is 7.16. The molecule has 0 unspecified atom stereocenters. The van der Waals surface area contributed by atoms with E-state index >= 15 is 0 Å². The van der Waals surface area contributed by atoms with Crippen molar-refractivity contribution in [3.63, 3.8) is 0 Å². The lowest BCUT2D eigenvalue weighted by Gasteiger charge is -2.01. The maximum absolute atomic E-state index is 11.1. The second kappa shape index (κ2) is 2.24. The summed E-state index contributed by atoms with van der Waals surface area (Å²) in [5.74, 6) is 0.0623. The van der Waals surface area contributed by atoms with Crippen LogP contribution in [0.2, 0.25) is 0 Å². The Hall–Kier alpha value is -1.51. The van der Waals surface area contributed by atoms with Crippen molar-refractivity contribution in [1.82, 2.24) is 5.32 Å². The average Bonchev–Trinajstić information content (AvgIpc) is 2.33. The monoisotopic (exact) mass is 163 g/mol. The third kappa shape index (κ3) is 0.863. The number of carbonyl (C=O) groups excluding carboxylic acids is 1. The summed E-state index contributed by atoms with van der Waals surface area (Å²) in [5.41, 5.74) is 2.56. The second-order valence-electron chi connectivity index (χ2n) is 2.97. The zero-order valence-electron chi connectivity index (χ0n) is 6.72. The van der Waals surface area contributed by atoms with E-state index in [0.29, 0.717) is 12.1 Å². The number of aromatic hydroxyl groups is 1. The van der Waals surface area contributed by atoms with E-state index in [9.17, 15) is 9.90 Å². The van der Waals surface area contributed by atoms with E-state index in [1.54, 1.807) is 6.07 Å². The first-order valence-corrected chi connectivity index (χ1v) is 3.79. The van der Waals surface area contributed by atoms with Gasteiger partial charge in [-0.1, -0.05) is 0 Å². The molecule has 1 heterocycles. The van der Waals surface area contributed by atoms with Gasteiger partial charge in [0.2, 0.25) is 0 Å². The Morgan fingerprint density at radius 1 is 1.50 bits per heavy atom. The molecule has 1 aliphatic rings. The van der Waals surface area contributed by atoms with Crippen LogP contribution in [0.3, 0.4) is 0 Å². The van der Waals surface area contributed by atoms with Gasteiger partial charge in [0.15, 0.2) is 0 Å². The predicted molar refractivity (Wildman–Crippen MR) is 44.0 cm³/mol. The van der Waals surface area contributed by atoms with E-state index in [0.717, 1.165) is 11.1 Å². The van der Waals surface area contributed by atoms with Crippen LogP contribution >= 0.6 is 0 Å². The quantitative estimate of drug-likeness (QED) is 0.598. The molecule has 0 aliphatic carbocycles. The third-order valence-corrected chi connectivity index (χ3v) is 2.13. The van der Waals surface area contributed by atoms with Gasteiger partial charge in [0.05, 0.1) is 0 Å². The van der Waals surface area contributed by atoms with Gasteiger partial charge in [-0.25, -0.2) is 0 Å². The van der Waals surface area contributed by atoms with Crippen LogP contribution in [0.25, 0.3) is 0 Å². The van der Waals surface area contributed by atoms with Crippen molar-refractivity contribution >= 4 is 5.91 Å². The number of phenolic OH excluding ortho intramolecular Hbond substituents is 1. The summed E-state index contributed by atoms with van der Waals surface area (Å²) in [6.45, 7) is 2.47. The molecule has 0 bridgehead atoms. The van der Waals surface area contributed by atoms with E-state index in [2.05, 4.69) is 5.32 Å². The normalized spacial score (nSPS) is 14.2. The standard InChI is InChI=1S/C9H9NO2/c1-5-2-6(11)3-7-8(5)4-10-9(7)12/h2-3,11H,4H2,1H3,(H,10,12). The van der Waals surface area contributed by atoms with Crippen LogP contribution in [0, 0.1) is 6.92 Å². The molecule has 1 aromatic rings. The van der Waals surface area contributed by atoms with Gasteiger partial charge in [-0.15, -0.1) is 0 Å². The van der Waals surface area contributed by atoms with Crippen LogP contribution in [-0.2, 0) is 6.54 Å². The first-order chi connectivity index (χ1) is 5.68. The fraction of sp³-hybridized carbons (Fsp3) is 0.222. The largest absolute Gasteiger partial charge is 0.508 e.